The second-order valence-corrected chi connectivity index (χ2v) is 13.7. The highest BCUT2D eigenvalue weighted by atomic mass is 16.3. The summed E-state index contributed by atoms with van der Waals surface area (Å²) in [6.07, 6.45) is 0. The van der Waals surface area contributed by atoms with Crippen molar-refractivity contribution in [3.63, 3.8) is 0 Å². The Morgan fingerprint density at radius 1 is 0.315 bits per heavy atom. The SMILES string of the molecule is c1ccc(-c2ccc(-c3ccc(N(c4ccc(-c5cccc(-c6ccccc6)c5)cc4)c4cc5ccccc5c5c4oc4ccccc45)cc3)cc2)cc1. The van der Waals surface area contributed by atoms with Crippen LogP contribution in [0.4, 0.5) is 17.1 Å². The zero-order valence-corrected chi connectivity index (χ0v) is 29.6. The van der Waals surface area contributed by atoms with Gasteiger partial charge in [-0.05, 0) is 97.7 Å². The standard InChI is InChI=1S/C52H35NO/c1-3-12-36(13-4-1)38-22-24-39(25-23-38)40-26-30-45(31-27-40)53(46-32-28-41(29-33-46)43-18-11-17-42(34-43)37-14-5-2-6-15-37)49-35-44-16-7-8-19-47(44)51-48-20-9-10-21-50(48)54-52(49)51/h1-35H. The molecule has 10 rings (SSSR count). The van der Waals surface area contributed by atoms with E-state index in [-0.39, 0.29) is 0 Å². The Kier molecular flexibility index (Phi) is 7.85. The summed E-state index contributed by atoms with van der Waals surface area (Å²) < 4.78 is 6.76. The van der Waals surface area contributed by atoms with E-state index < -0.39 is 0 Å². The molecule has 1 heterocycles. The summed E-state index contributed by atoms with van der Waals surface area (Å²) in [6, 6.07) is 75.7. The molecule has 0 saturated carbocycles. The number of furan rings is 1. The van der Waals surface area contributed by atoms with Gasteiger partial charge >= 0.3 is 0 Å². The minimum Gasteiger partial charge on any atom is -0.454 e. The molecule has 0 radical (unpaired) electrons. The normalized spacial score (nSPS) is 11.3. The maximum atomic E-state index is 6.76. The highest BCUT2D eigenvalue weighted by Crippen LogP contribution is 2.46. The van der Waals surface area contributed by atoms with E-state index >= 15 is 0 Å². The van der Waals surface area contributed by atoms with Gasteiger partial charge in [-0.25, -0.2) is 0 Å². The Bertz CT molecular complexity index is 2890. The molecule has 0 aliphatic rings. The number of anilines is 3. The summed E-state index contributed by atoms with van der Waals surface area (Å²) in [4.78, 5) is 2.34. The van der Waals surface area contributed by atoms with Gasteiger partial charge in [0.15, 0.2) is 5.58 Å². The molecule has 0 amide bonds. The van der Waals surface area contributed by atoms with Crippen LogP contribution in [0.1, 0.15) is 0 Å². The first-order valence-electron chi connectivity index (χ1n) is 18.4. The van der Waals surface area contributed by atoms with Gasteiger partial charge in [0, 0.05) is 22.1 Å². The number of rotatable bonds is 7. The van der Waals surface area contributed by atoms with Crippen molar-refractivity contribution in [2.75, 3.05) is 4.90 Å². The van der Waals surface area contributed by atoms with Crippen LogP contribution in [0.3, 0.4) is 0 Å². The predicted molar refractivity (Wildman–Crippen MR) is 228 cm³/mol. The molecule has 10 aromatic rings. The zero-order chi connectivity index (χ0) is 35.8. The van der Waals surface area contributed by atoms with Gasteiger partial charge in [0.1, 0.15) is 5.58 Å². The quantitative estimate of drug-likeness (QED) is 0.166. The number of fused-ring (bicyclic) bond motifs is 5. The van der Waals surface area contributed by atoms with Crippen LogP contribution in [0.2, 0.25) is 0 Å². The molecular formula is C52H35NO. The van der Waals surface area contributed by atoms with Crippen molar-refractivity contribution >= 4 is 49.8 Å². The van der Waals surface area contributed by atoms with Crippen LogP contribution in [0.5, 0.6) is 0 Å². The third-order valence-electron chi connectivity index (χ3n) is 10.5. The van der Waals surface area contributed by atoms with Gasteiger partial charge in [-0.2, -0.15) is 0 Å². The molecule has 1 aromatic heterocycles. The lowest BCUT2D eigenvalue weighted by Crippen LogP contribution is -2.10. The summed E-state index contributed by atoms with van der Waals surface area (Å²) >= 11 is 0. The Morgan fingerprint density at radius 2 is 0.741 bits per heavy atom. The number of hydrogen-bond donors (Lipinski definition) is 0. The molecule has 54 heavy (non-hydrogen) atoms. The van der Waals surface area contributed by atoms with Crippen LogP contribution in [0.15, 0.2) is 217 Å². The third-order valence-corrected chi connectivity index (χ3v) is 10.5. The summed E-state index contributed by atoms with van der Waals surface area (Å²) in [5, 5.41) is 4.60. The van der Waals surface area contributed by atoms with Crippen molar-refractivity contribution in [3.05, 3.63) is 212 Å². The molecule has 0 unspecified atom stereocenters. The lowest BCUT2D eigenvalue weighted by atomic mass is 9.98. The Balaban J connectivity index is 1.10. The lowest BCUT2D eigenvalue weighted by molar-refractivity contribution is 0.669. The van der Waals surface area contributed by atoms with E-state index in [2.05, 4.69) is 211 Å². The molecule has 0 aliphatic carbocycles. The second kappa shape index (κ2) is 13.4. The van der Waals surface area contributed by atoms with Crippen molar-refractivity contribution in [2.45, 2.75) is 0 Å². The van der Waals surface area contributed by atoms with Crippen LogP contribution >= 0.6 is 0 Å². The van der Waals surface area contributed by atoms with E-state index in [1.807, 2.05) is 6.07 Å². The van der Waals surface area contributed by atoms with Gasteiger partial charge in [-0.1, -0.05) is 170 Å². The Labute approximate surface area is 314 Å². The van der Waals surface area contributed by atoms with Crippen LogP contribution in [0.25, 0.3) is 77.2 Å². The molecule has 0 saturated heterocycles. The summed E-state index contributed by atoms with van der Waals surface area (Å²) in [6.45, 7) is 0. The number of benzene rings is 9. The fraction of sp³-hybridized carbons (Fsp3) is 0. The number of hydrogen-bond acceptors (Lipinski definition) is 2. The fourth-order valence-electron chi connectivity index (χ4n) is 7.75. The molecule has 0 spiro atoms. The topological polar surface area (TPSA) is 16.4 Å². The first-order chi connectivity index (χ1) is 26.8. The maximum Gasteiger partial charge on any atom is 0.160 e. The predicted octanol–water partition coefficient (Wildman–Crippen LogP) is 14.9. The van der Waals surface area contributed by atoms with E-state index in [1.165, 1.54) is 49.7 Å². The molecule has 0 fully saturated rings. The summed E-state index contributed by atoms with van der Waals surface area (Å²) in [5.41, 5.74) is 14.4. The Morgan fingerprint density at radius 3 is 1.33 bits per heavy atom. The monoisotopic (exact) mass is 689 g/mol. The Hall–Kier alpha value is -7.16. The smallest absolute Gasteiger partial charge is 0.160 e. The summed E-state index contributed by atoms with van der Waals surface area (Å²) in [7, 11) is 0. The first kappa shape index (κ1) is 31.6. The first-order valence-corrected chi connectivity index (χ1v) is 18.4. The van der Waals surface area contributed by atoms with Crippen molar-refractivity contribution in [3.8, 4) is 44.5 Å². The average Bonchev–Trinajstić information content (AvgIpc) is 3.65. The van der Waals surface area contributed by atoms with Crippen LogP contribution in [-0.2, 0) is 0 Å². The molecular weight excluding hydrogens is 655 g/mol. The third kappa shape index (κ3) is 5.71. The lowest BCUT2D eigenvalue weighted by Gasteiger charge is -2.26. The molecule has 0 bridgehead atoms. The molecule has 254 valence electrons. The van der Waals surface area contributed by atoms with Gasteiger partial charge in [0.05, 0.1) is 5.69 Å². The largest absolute Gasteiger partial charge is 0.454 e. The van der Waals surface area contributed by atoms with Gasteiger partial charge < -0.3 is 9.32 Å². The number of para-hydroxylation sites is 1. The van der Waals surface area contributed by atoms with Crippen molar-refractivity contribution in [1.29, 1.82) is 0 Å². The molecule has 2 heteroatoms. The zero-order valence-electron chi connectivity index (χ0n) is 29.6. The number of nitrogens with zero attached hydrogens (tertiary/aromatic N) is 1. The highest BCUT2D eigenvalue weighted by molar-refractivity contribution is 6.23. The average molecular weight is 690 g/mol. The van der Waals surface area contributed by atoms with Crippen molar-refractivity contribution < 1.29 is 4.42 Å². The molecule has 2 nitrogen and oxygen atoms in total. The minimum absolute atomic E-state index is 0.870. The maximum absolute atomic E-state index is 6.76. The molecule has 0 N–H and O–H groups in total. The van der Waals surface area contributed by atoms with E-state index in [1.54, 1.807) is 0 Å². The van der Waals surface area contributed by atoms with Gasteiger partial charge in [0.25, 0.3) is 0 Å². The van der Waals surface area contributed by atoms with Gasteiger partial charge in [-0.15, -0.1) is 0 Å². The van der Waals surface area contributed by atoms with E-state index in [9.17, 15) is 0 Å². The molecule has 0 atom stereocenters. The van der Waals surface area contributed by atoms with E-state index in [0.717, 1.165) is 44.6 Å². The van der Waals surface area contributed by atoms with Gasteiger partial charge in [0.2, 0.25) is 0 Å². The van der Waals surface area contributed by atoms with Crippen LogP contribution in [-0.4, -0.2) is 0 Å². The minimum atomic E-state index is 0.870. The highest BCUT2D eigenvalue weighted by Gasteiger charge is 2.22. The van der Waals surface area contributed by atoms with Gasteiger partial charge in [-0.3, -0.25) is 0 Å². The van der Waals surface area contributed by atoms with Crippen molar-refractivity contribution in [1.82, 2.24) is 0 Å². The van der Waals surface area contributed by atoms with Crippen LogP contribution in [0, 0.1) is 0 Å². The second-order valence-electron chi connectivity index (χ2n) is 13.7. The summed E-state index contributed by atoms with van der Waals surface area (Å²) in [5.74, 6) is 0. The fourth-order valence-corrected chi connectivity index (χ4v) is 7.75. The van der Waals surface area contributed by atoms with E-state index in [4.69, 9.17) is 4.42 Å². The molecule has 9 aromatic carbocycles. The molecule has 0 aliphatic heterocycles. The van der Waals surface area contributed by atoms with Crippen molar-refractivity contribution in [2.24, 2.45) is 0 Å². The van der Waals surface area contributed by atoms with Crippen LogP contribution < -0.4 is 4.90 Å². The van der Waals surface area contributed by atoms with E-state index in [0.29, 0.717) is 0 Å².